The Labute approximate surface area is 192 Å². The first-order valence-corrected chi connectivity index (χ1v) is 13.3. The molecule has 3 heterocycles. The van der Waals surface area contributed by atoms with Crippen LogP contribution < -0.4 is 4.90 Å². The van der Waals surface area contributed by atoms with Crippen LogP contribution in [0.1, 0.15) is 32.1 Å². The number of rotatable bonds is 4. The summed E-state index contributed by atoms with van der Waals surface area (Å²) in [5.41, 5.74) is 1.88. The van der Waals surface area contributed by atoms with E-state index in [1.807, 2.05) is 53.1 Å². The van der Waals surface area contributed by atoms with Crippen molar-refractivity contribution in [2.75, 3.05) is 29.5 Å². The minimum atomic E-state index is 0.146. The molecule has 2 aromatic carbocycles. The second-order valence-electron chi connectivity index (χ2n) is 8.43. The molecule has 2 fully saturated rings. The lowest BCUT2D eigenvalue weighted by Gasteiger charge is -2.44. The number of piperidine rings is 2. The summed E-state index contributed by atoms with van der Waals surface area (Å²) in [6.45, 7) is 2.54. The number of hydrogen-bond acceptors (Lipinski definition) is 4. The van der Waals surface area contributed by atoms with Crippen molar-refractivity contribution in [1.82, 2.24) is 4.90 Å². The highest BCUT2D eigenvalue weighted by atomic mass is 35.5. The Hall–Kier alpha value is -1.14. The zero-order valence-corrected chi connectivity index (χ0v) is 19.4. The van der Waals surface area contributed by atoms with Crippen LogP contribution in [-0.2, 0) is 4.79 Å². The molecular formula is C24H27ClN2OS2. The van der Waals surface area contributed by atoms with Gasteiger partial charge in [-0.2, -0.15) is 11.8 Å². The molecule has 5 rings (SSSR count). The Morgan fingerprint density at radius 2 is 1.87 bits per heavy atom. The minimum absolute atomic E-state index is 0.146. The number of hydrogen-bond donors (Lipinski definition) is 0. The highest BCUT2D eigenvalue weighted by Gasteiger charge is 2.33. The van der Waals surface area contributed by atoms with Crippen LogP contribution >= 0.6 is 35.1 Å². The third kappa shape index (κ3) is 4.14. The molecule has 0 spiro atoms. The second-order valence-corrected chi connectivity index (χ2v) is 11.0. The molecule has 0 N–H and O–H groups in total. The van der Waals surface area contributed by atoms with Crippen LogP contribution in [0.25, 0.3) is 0 Å². The van der Waals surface area contributed by atoms with E-state index < -0.39 is 0 Å². The van der Waals surface area contributed by atoms with Gasteiger partial charge in [0.25, 0.3) is 0 Å². The molecule has 0 aliphatic carbocycles. The lowest BCUT2D eigenvalue weighted by atomic mass is 9.85. The highest BCUT2D eigenvalue weighted by molar-refractivity contribution is 8.00. The summed E-state index contributed by atoms with van der Waals surface area (Å²) in [5.74, 6) is 2.46. The number of thioether (sulfide) groups is 1. The SMILES string of the molecule is O=C(CSC[C@@H]1CCCN2CCCC[C@H]12)N1c2ccccc2Sc2ccc(Cl)cc21. The van der Waals surface area contributed by atoms with Gasteiger partial charge in [-0.05, 0) is 80.8 Å². The maximum absolute atomic E-state index is 13.4. The number of nitrogens with zero attached hydrogens (tertiary/aromatic N) is 2. The molecule has 158 valence electrons. The zero-order chi connectivity index (χ0) is 20.5. The molecule has 0 radical (unpaired) electrons. The molecule has 2 saturated heterocycles. The van der Waals surface area contributed by atoms with Gasteiger partial charge in [0.2, 0.25) is 5.91 Å². The molecule has 0 aromatic heterocycles. The van der Waals surface area contributed by atoms with Crippen molar-refractivity contribution < 1.29 is 4.79 Å². The molecule has 1 amide bonds. The maximum atomic E-state index is 13.4. The zero-order valence-electron chi connectivity index (χ0n) is 17.1. The Kier molecular flexibility index (Phi) is 6.33. The fourth-order valence-electron chi connectivity index (χ4n) is 5.13. The first-order valence-electron chi connectivity index (χ1n) is 10.9. The third-order valence-electron chi connectivity index (χ3n) is 6.52. The smallest absolute Gasteiger partial charge is 0.241 e. The van der Waals surface area contributed by atoms with E-state index in [1.54, 1.807) is 11.8 Å². The predicted molar refractivity (Wildman–Crippen MR) is 128 cm³/mol. The summed E-state index contributed by atoms with van der Waals surface area (Å²) in [6, 6.07) is 14.7. The molecule has 2 atom stereocenters. The number of anilines is 2. The summed E-state index contributed by atoms with van der Waals surface area (Å²) in [6.07, 6.45) is 6.66. The molecular weight excluding hydrogens is 432 g/mol. The van der Waals surface area contributed by atoms with Crippen LogP contribution in [0.4, 0.5) is 11.4 Å². The number of fused-ring (bicyclic) bond motifs is 3. The van der Waals surface area contributed by atoms with Gasteiger partial charge in [0.15, 0.2) is 0 Å². The van der Waals surface area contributed by atoms with Gasteiger partial charge in [-0.1, -0.05) is 41.9 Å². The van der Waals surface area contributed by atoms with Crippen LogP contribution in [0, 0.1) is 5.92 Å². The average molecular weight is 459 g/mol. The van der Waals surface area contributed by atoms with Crippen LogP contribution in [0.15, 0.2) is 52.3 Å². The Morgan fingerprint density at radius 1 is 1.03 bits per heavy atom. The van der Waals surface area contributed by atoms with Crippen LogP contribution in [0.3, 0.4) is 0 Å². The van der Waals surface area contributed by atoms with Gasteiger partial charge >= 0.3 is 0 Å². The molecule has 0 bridgehead atoms. The van der Waals surface area contributed by atoms with Crippen molar-refractivity contribution in [3.63, 3.8) is 0 Å². The third-order valence-corrected chi connectivity index (χ3v) is 9.00. The predicted octanol–water partition coefficient (Wildman–Crippen LogP) is 6.47. The fraction of sp³-hybridized carbons (Fsp3) is 0.458. The summed E-state index contributed by atoms with van der Waals surface area (Å²) in [4.78, 5) is 20.2. The van der Waals surface area contributed by atoms with E-state index in [0.717, 1.165) is 38.9 Å². The fourth-order valence-corrected chi connectivity index (χ4v) is 7.45. The van der Waals surface area contributed by atoms with E-state index in [-0.39, 0.29) is 5.91 Å². The molecule has 0 unspecified atom stereocenters. The number of carbonyl (C=O) groups excluding carboxylic acids is 1. The van der Waals surface area contributed by atoms with E-state index >= 15 is 0 Å². The first-order chi connectivity index (χ1) is 14.7. The summed E-state index contributed by atoms with van der Waals surface area (Å²) < 4.78 is 0. The molecule has 6 heteroatoms. The number of amides is 1. The number of benzene rings is 2. The van der Waals surface area contributed by atoms with Gasteiger partial charge in [0.1, 0.15) is 0 Å². The molecule has 2 aromatic rings. The van der Waals surface area contributed by atoms with Gasteiger partial charge in [-0.15, -0.1) is 0 Å². The number of carbonyl (C=O) groups is 1. The summed E-state index contributed by atoms with van der Waals surface area (Å²) in [7, 11) is 0. The Morgan fingerprint density at radius 3 is 2.80 bits per heavy atom. The van der Waals surface area contributed by atoms with E-state index in [9.17, 15) is 4.79 Å². The highest BCUT2D eigenvalue weighted by Crippen LogP contribution is 2.49. The van der Waals surface area contributed by atoms with Crippen LogP contribution in [-0.4, -0.2) is 41.4 Å². The number of para-hydroxylation sites is 1. The molecule has 3 aliphatic heterocycles. The van der Waals surface area contributed by atoms with Gasteiger partial charge in [-0.3, -0.25) is 9.69 Å². The standard InChI is InChI=1S/C24H27ClN2OS2/c25-18-10-11-23-21(14-18)27(20-8-1-2-9-22(20)30-23)24(28)16-29-15-17-6-5-13-26-12-4-3-7-19(17)26/h1-2,8-11,14,17,19H,3-7,12-13,15-16H2/t17-,19+/m0/s1. The normalized spacial score (nSPS) is 23.4. The Bertz CT molecular complexity index is 935. The van der Waals surface area contributed by atoms with Crippen molar-refractivity contribution >= 4 is 52.4 Å². The van der Waals surface area contributed by atoms with Crippen LogP contribution in [0.2, 0.25) is 5.02 Å². The van der Waals surface area contributed by atoms with Gasteiger partial charge in [0, 0.05) is 20.9 Å². The topological polar surface area (TPSA) is 23.6 Å². The van der Waals surface area contributed by atoms with E-state index in [1.165, 1.54) is 45.2 Å². The minimum Gasteiger partial charge on any atom is -0.300 e. The second kappa shape index (κ2) is 9.15. The first kappa shape index (κ1) is 20.7. The van der Waals surface area contributed by atoms with Crippen molar-refractivity contribution in [1.29, 1.82) is 0 Å². The lowest BCUT2D eigenvalue weighted by molar-refractivity contribution is -0.115. The summed E-state index contributed by atoms with van der Waals surface area (Å²) in [5, 5.41) is 0.666. The van der Waals surface area contributed by atoms with Crippen molar-refractivity contribution in [2.45, 2.75) is 47.9 Å². The van der Waals surface area contributed by atoms with E-state index in [4.69, 9.17) is 11.6 Å². The van der Waals surface area contributed by atoms with Crippen LogP contribution in [0.5, 0.6) is 0 Å². The van der Waals surface area contributed by atoms with Gasteiger partial charge < -0.3 is 4.90 Å². The van der Waals surface area contributed by atoms with Gasteiger partial charge in [-0.25, -0.2) is 0 Å². The Balaban J connectivity index is 1.30. The number of halogens is 1. The lowest BCUT2D eigenvalue weighted by Crippen LogP contribution is -2.48. The monoisotopic (exact) mass is 458 g/mol. The van der Waals surface area contributed by atoms with Crippen molar-refractivity contribution in [2.24, 2.45) is 5.92 Å². The van der Waals surface area contributed by atoms with E-state index in [0.29, 0.717) is 10.8 Å². The van der Waals surface area contributed by atoms with Crippen molar-refractivity contribution in [3.05, 3.63) is 47.5 Å². The molecule has 30 heavy (non-hydrogen) atoms. The molecule has 3 aliphatic rings. The molecule has 3 nitrogen and oxygen atoms in total. The van der Waals surface area contributed by atoms with Gasteiger partial charge in [0.05, 0.1) is 17.1 Å². The van der Waals surface area contributed by atoms with Crippen molar-refractivity contribution in [3.8, 4) is 0 Å². The molecule has 0 saturated carbocycles. The largest absolute Gasteiger partial charge is 0.300 e. The summed E-state index contributed by atoms with van der Waals surface area (Å²) >= 11 is 9.81. The quantitative estimate of drug-likeness (QED) is 0.524. The maximum Gasteiger partial charge on any atom is 0.241 e. The average Bonchev–Trinajstić information content (AvgIpc) is 2.77. The van der Waals surface area contributed by atoms with E-state index in [2.05, 4.69) is 11.0 Å².